The molecule has 1 aliphatic rings. The SMILES string of the molecule is COc1cc(COC2CCC2)ccn1. The summed E-state index contributed by atoms with van der Waals surface area (Å²) in [5.41, 5.74) is 1.13. The van der Waals surface area contributed by atoms with E-state index in [0.717, 1.165) is 5.56 Å². The van der Waals surface area contributed by atoms with E-state index in [1.54, 1.807) is 13.3 Å². The number of ether oxygens (including phenoxy) is 2. The first-order valence-corrected chi connectivity index (χ1v) is 4.99. The first kappa shape index (κ1) is 9.46. The Kier molecular flexibility index (Phi) is 2.99. The molecule has 0 unspecified atom stereocenters. The maximum Gasteiger partial charge on any atom is 0.213 e. The zero-order valence-electron chi connectivity index (χ0n) is 8.40. The molecule has 0 aromatic carbocycles. The van der Waals surface area contributed by atoms with Crippen molar-refractivity contribution < 1.29 is 9.47 Å². The van der Waals surface area contributed by atoms with Crippen LogP contribution in [-0.2, 0) is 11.3 Å². The molecule has 14 heavy (non-hydrogen) atoms. The van der Waals surface area contributed by atoms with Crippen LogP contribution in [-0.4, -0.2) is 18.2 Å². The summed E-state index contributed by atoms with van der Waals surface area (Å²) in [4.78, 5) is 4.04. The van der Waals surface area contributed by atoms with E-state index < -0.39 is 0 Å². The summed E-state index contributed by atoms with van der Waals surface area (Å²) >= 11 is 0. The van der Waals surface area contributed by atoms with Crippen molar-refractivity contribution in [3.05, 3.63) is 23.9 Å². The molecule has 76 valence electrons. The molecule has 0 radical (unpaired) electrons. The maximum absolute atomic E-state index is 5.68. The van der Waals surface area contributed by atoms with E-state index in [2.05, 4.69) is 4.98 Å². The summed E-state index contributed by atoms with van der Waals surface area (Å²) in [6, 6.07) is 3.87. The van der Waals surface area contributed by atoms with Gasteiger partial charge in [0, 0.05) is 12.3 Å². The van der Waals surface area contributed by atoms with Gasteiger partial charge in [-0.3, -0.25) is 0 Å². The van der Waals surface area contributed by atoms with Crippen molar-refractivity contribution >= 4 is 0 Å². The summed E-state index contributed by atoms with van der Waals surface area (Å²) in [5, 5.41) is 0. The van der Waals surface area contributed by atoms with Crippen molar-refractivity contribution in [2.75, 3.05) is 7.11 Å². The number of hydrogen-bond donors (Lipinski definition) is 0. The van der Waals surface area contributed by atoms with Crippen molar-refractivity contribution in [1.82, 2.24) is 4.98 Å². The highest BCUT2D eigenvalue weighted by Crippen LogP contribution is 2.23. The first-order valence-electron chi connectivity index (χ1n) is 4.99. The molecule has 0 atom stereocenters. The molecule has 2 rings (SSSR count). The lowest BCUT2D eigenvalue weighted by atomic mass is 9.96. The summed E-state index contributed by atoms with van der Waals surface area (Å²) in [5.74, 6) is 0.653. The Morgan fingerprint density at radius 3 is 3.00 bits per heavy atom. The molecular weight excluding hydrogens is 178 g/mol. The molecule has 0 N–H and O–H groups in total. The van der Waals surface area contributed by atoms with Crippen molar-refractivity contribution in [2.45, 2.75) is 32.0 Å². The van der Waals surface area contributed by atoms with Gasteiger partial charge in [0.25, 0.3) is 0 Å². The van der Waals surface area contributed by atoms with E-state index in [1.807, 2.05) is 12.1 Å². The molecule has 1 heterocycles. The fraction of sp³-hybridized carbons (Fsp3) is 0.545. The van der Waals surface area contributed by atoms with Gasteiger partial charge in [0.2, 0.25) is 5.88 Å². The van der Waals surface area contributed by atoms with Crippen molar-refractivity contribution in [3.8, 4) is 5.88 Å². The smallest absolute Gasteiger partial charge is 0.213 e. The van der Waals surface area contributed by atoms with E-state index in [0.29, 0.717) is 18.6 Å². The quantitative estimate of drug-likeness (QED) is 0.734. The minimum absolute atomic E-state index is 0.481. The molecule has 0 aliphatic heterocycles. The zero-order chi connectivity index (χ0) is 9.80. The van der Waals surface area contributed by atoms with Crippen LogP contribution in [0.4, 0.5) is 0 Å². The number of aromatic nitrogens is 1. The highest BCUT2D eigenvalue weighted by atomic mass is 16.5. The molecule has 3 heteroatoms. The fourth-order valence-corrected chi connectivity index (χ4v) is 1.40. The van der Waals surface area contributed by atoms with Crippen LogP contribution in [0.5, 0.6) is 5.88 Å². The number of rotatable bonds is 4. The number of methoxy groups -OCH3 is 1. The number of pyridine rings is 1. The molecule has 3 nitrogen and oxygen atoms in total. The van der Waals surface area contributed by atoms with Gasteiger partial charge in [0.05, 0.1) is 19.8 Å². The monoisotopic (exact) mass is 193 g/mol. The van der Waals surface area contributed by atoms with Gasteiger partial charge in [-0.25, -0.2) is 4.98 Å². The molecule has 1 aromatic rings. The molecule has 0 amide bonds. The lowest BCUT2D eigenvalue weighted by Crippen LogP contribution is -2.21. The molecule has 0 spiro atoms. The van der Waals surface area contributed by atoms with Crippen LogP contribution >= 0.6 is 0 Å². The third kappa shape index (κ3) is 2.23. The predicted molar refractivity (Wildman–Crippen MR) is 53.2 cm³/mol. The van der Waals surface area contributed by atoms with Crippen molar-refractivity contribution in [3.63, 3.8) is 0 Å². The normalized spacial score (nSPS) is 16.4. The average Bonchev–Trinajstić information content (AvgIpc) is 2.16. The summed E-state index contributed by atoms with van der Waals surface area (Å²) in [6.07, 6.45) is 5.96. The zero-order valence-corrected chi connectivity index (χ0v) is 8.40. The molecule has 1 fully saturated rings. The van der Waals surface area contributed by atoms with Crippen LogP contribution in [0.15, 0.2) is 18.3 Å². The largest absolute Gasteiger partial charge is 0.481 e. The summed E-state index contributed by atoms with van der Waals surface area (Å²) < 4.78 is 10.7. The van der Waals surface area contributed by atoms with Gasteiger partial charge in [-0.15, -0.1) is 0 Å². The number of hydrogen-bond acceptors (Lipinski definition) is 3. The Balaban J connectivity index is 1.87. The Labute approximate surface area is 84.1 Å². The lowest BCUT2D eigenvalue weighted by molar-refractivity contribution is -0.00875. The Morgan fingerprint density at radius 2 is 2.36 bits per heavy atom. The number of nitrogens with zero attached hydrogens (tertiary/aromatic N) is 1. The predicted octanol–water partition coefficient (Wildman–Crippen LogP) is 2.16. The van der Waals surface area contributed by atoms with Gasteiger partial charge in [0.15, 0.2) is 0 Å². The van der Waals surface area contributed by atoms with Crippen LogP contribution in [0.3, 0.4) is 0 Å². The first-order chi connectivity index (χ1) is 6.88. The van der Waals surface area contributed by atoms with E-state index >= 15 is 0 Å². The van der Waals surface area contributed by atoms with Gasteiger partial charge in [-0.05, 0) is 30.9 Å². The minimum Gasteiger partial charge on any atom is -0.481 e. The summed E-state index contributed by atoms with van der Waals surface area (Å²) in [6.45, 7) is 0.670. The second-order valence-electron chi connectivity index (χ2n) is 3.57. The Hall–Kier alpha value is -1.09. The highest BCUT2D eigenvalue weighted by molar-refractivity contribution is 5.19. The second-order valence-corrected chi connectivity index (χ2v) is 3.57. The standard InChI is InChI=1S/C11H15NO2/c1-13-11-7-9(5-6-12-11)8-14-10-3-2-4-10/h5-7,10H,2-4,8H2,1H3. The fourth-order valence-electron chi connectivity index (χ4n) is 1.40. The van der Waals surface area contributed by atoms with Gasteiger partial charge < -0.3 is 9.47 Å². The van der Waals surface area contributed by atoms with E-state index in [4.69, 9.17) is 9.47 Å². The third-order valence-corrected chi connectivity index (χ3v) is 2.55. The summed E-state index contributed by atoms with van der Waals surface area (Å²) in [7, 11) is 1.62. The van der Waals surface area contributed by atoms with Crippen LogP contribution < -0.4 is 4.74 Å². The van der Waals surface area contributed by atoms with E-state index in [-0.39, 0.29) is 0 Å². The van der Waals surface area contributed by atoms with Crippen LogP contribution in [0, 0.1) is 0 Å². The molecule has 1 aromatic heterocycles. The van der Waals surface area contributed by atoms with Gasteiger partial charge >= 0.3 is 0 Å². The van der Waals surface area contributed by atoms with Gasteiger partial charge in [-0.1, -0.05) is 0 Å². The molecule has 1 aliphatic carbocycles. The topological polar surface area (TPSA) is 31.4 Å². The van der Waals surface area contributed by atoms with Crippen LogP contribution in [0.2, 0.25) is 0 Å². The lowest BCUT2D eigenvalue weighted by Gasteiger charge is -2.25. The van der Waals surface area contributed by atoms with Crippen LogP contribution in [0.25, 0.3) is 0 Å². The van der Waals surface area contributed by atoms with Crippen LogP contribution in [0.1, 0.15) is 24.8 Å². The van der Waals surface area contributed by atoms with Gasteiger partial charge in [-0.2, -0.15) is 0 Å². The Morgan fingerprint density at radius 1 is 1.50 bits per heavy atom. The second kappa shape index (κ2) is 4.42. The van der Waals surface area contributed by atoms with Gasteiger partial charge in [0.1, 0.15) is 0 Å². The highest BCUT2D eigenvalue weighted by Gasteiger charge is 2.17. The van der Waals surface area contributed by atoms with Crippen molar-refractivity contribution in [1.29, 1.82) is 0 Å². The average molecular weight is 193 g/mol. The van der Waals surface area contributed by atoms with Crippen molar-refractivity contribution in [2.24, 2.45) is 0 Å². The third-order valence-electron chi connectivity index (χ3n) is 2.55. The Bertz CT molecular complexity index is 297. The molecular formula is C11H15NO2. The molecule has 0 bridgehead atoms. The minimum atomic E-state index is 0.481. The maximum atomic E-state index is 5.68. The van der Waals surface area contributed by atoms with E-state index in [9.17, 15) is 0 Å². The molecule has 1 saturated carbocycles. The van der Waals surface area contributed by atoms with E-state index in [1.165, 1.54) is 19.3 Å². The molecule has 0 saturated heterocycles.